The first-order valence-electron chi connectivity index (χ1n) is 11.2. The average Bonchev–Trinajstić information content (AvgIpc) is 3.03. The lowest BCUT2D eigenvalue weighted by atomic mass is 10.1. The molecule has 1 aliphatic rings. The van der Waals surface area contributed by atoms with Crippen molar-refractivity contribution in [3.05, 3.63) is 58.1 Å². The van der Waals surface area contributed by atoms with E-state index in [1.165, 1.54) is 5.56 Å². The molecule has 0 unspecified atom stereocenters. The molecule has 6 nitrogen and oxygen atoms in total. The van der Waals surface area contributed by atoms with Gasteiger partial charge in [0.05, 0.1) is 0 Å². The summed E-state index contributed by atoms with van der Waals surface area (Å²) in [5.41, 5.74) is 5.56. The van der Waals surface area contributed by atoms with Crippen molar-refractivity contribution in [3.8, 4) is 11.5 Å². The fourth-order valence-electron chi connectivity index (χ4n) is 3.83. The first-order valence-corrected chi connectivity index (χ1v) is 11.2. The summed E-state index contributed by atoms with van der Waals surface area (Å²) in [7, 11) is 0. The first kappa shape index (κ1) is 23.6. The van der Waals surface area contributed by atoms with Gasteiger partial charge in [0.2, 0.25) is 0 Å². The van der Waals surface area contributed by atoms with Gasteiger partial charge in [-0.3, -0.25) is 9.59 Å². The van der Waals surface area contributed by atoms with Crippen molar-refractivity contribution in [2.24, 2.45) is 0 Å². The van der Waals surface area contributed by atoms with Crippen LogP contribution in [0.3, 0.4) is 0 Å². The second-order valence-electron chi connectivity index (χ2n) is 8.59. The van der Waals surface area contributed by atoms with Gasteiger partial charge in [-0.2, -0.15) is 0 Å². The van der Waals surface area contributed by atoms with E-state index in [9.17, 15) is 9.59 Å². The highest BCUT2D eigenvalue weighted by molar-refractivity contribution is 5.79. The molecule has 0 saturated carbocycles. The largest absolute Gasteiger partial charge is 0.484 e. The number of ether oxygens (including phenoxy) is 2. The highest BCUT2D eigenvalue weighted by Gasteiger charge is 2.23. The van der Waals surface area contributed by atoms with Gasteiger partial charge in [-0.1, -0.05) is 18.2 Å². The summed E-state index contributed by atoms with van der Waals surface area (Å²) in [6, 6.07) is 9.90. The van der Waals surface area contributed by atoms with Crippen molar-refractivity contribution in [3.63, 3.8) is 0 Å². The van der Waals surface area contributed by atoms with Gasteiger partial charge in [0.25, 0.3) is 11.8 Å². The molecular formula is C26H34N2O4. The normalized spacial score (nSPS) is 14.2. The zero-order valence-electron chi connectivity index (χ0n) is 19.9. The van der Waals surface area contributed by atoms with Crippen LogP contribution in [0.5, 0.6) is 11.5 Å². The minimum absolute atomic E-state index is 0.00543. The molecule has 0 aromatic heterocycles. The quantitative estimate of drug-likeness (QED) is 0.689. The highest BCUT2D eigenvalue weighted by atomic mass is 16.5. The number of carbonyl (C=O) groups excluding carboxylic acids is 2. The van der Waals surface area contributed by atoms with Crippen molar-refractivity contribution in [1.82, 2.24) is 9.80 Å². The Balaban J connectivity index is 1.49. The van der Waals surface area contributed by atoms with E-state index in [4.69, 9.17) is 9.47 Å². The molecule has 0 atom stereocenters. The van der Waals surface area contributed by atoms with Crippen LogP contribution >= 0.6 is 0 Å². The number of hydrogen-bond donors (Lipinski definition) is 0. The standard InChI is InChI=1S/C26H34N2O4/c1-18-9-10-23(15-21(18)4)31-16-24(29)27-11-6-12-28(14-13-27)25(30)17-32-26-20(3)8-7-19(2)22(26)5/h7-10,15H,6,11-14,16-17H2,1-5H3. The van der Waals surface area contributed by atoms with Crippen molar-refractivity contribution >= 4 is 11.8 Å². The zero-order chi connectivity index (χ0) is 23.3. The Morgan fingerprint density at radius 3 is 1.91 bits per heavy atom. The molecule has 0 spiro atoms. The Labute approximate surface area is 191 Å². The van der Waals surface area contributed by atoms with Crippen LogP contribution in [0, 0.1) is 34.6 Å². The second-order valence-corrected chi connectivity index (χ2v) is 8.59. The molecule has 1 aliphatic heterocycles. The van der Waals surface area contributed by atoms with Gasteiger partial charge < -0.3 is 19.3 Å². The number of rotatable bonds is 6. The fourth-order valence-corrected chi connectivity index (χ4v) is 3.83. The van der Waals surface area contributed by atoms with E-state index in [2.05, 4.69) is 6.07 Å². The molecule has 2 aromatic carbocycles. The summed E-state index contributed by atoms with van der Waals surface area (Å²) >= 11 is 0. The molecule has 0 N–H and O–H groups in total. The predicted molar refractivity (Wildman–Crippen MR) is 125 cm³/mol. The maximum absolute atomic E-state index is 12.8. The van der Waals surface area contributed by atoms with Crippen LogP contribution in [0.2, 0.25) is 0 Å². The van der Waals surface area contributed by atoms with E-state index in [-0.39, 0.29) is 25.0 Å². The minimum atomic E-state index is -0.0558. The van der Waals surface area contributed by atoms with E-state index in [0.29, 0.717) is 31.9 Å². The number of benzene rings is 2. The van der Waals surface area contributed by atoms with Crippen molar-refractivity contribution in [2.75, 3.05) is 39.4 Å². The molecule has 0 bridgehead atoms. The molecule has 0 aliphatic carbocycles. The first-order chi connectivity index (χ1) is 15.3. The topological polar surface area (TPSA) is 59.1 Å². The van der Waals surface area contributed by atoms with Gasteiger partial charge in [-0.15, -0.1) is 0 Å². The SMILES string of the molecule is Cc1ccc(OCC(=O)N2CCCN(C(=O)COc3c(C)ccc(C)c3C)CC2)cc1C. The molecule has 1 saturated heterocycles. The lowest BCUT2D eigenvalue weighted by Crippen LogP contribution is -2.40. The molecular weight excluding hydrogens is 404 g/mol. The lowest BCUT2D eigenvalue weighted by molar-refractivity contribution is -0.135. The number of hydrogen-bond acceptors (Lipinski definition) is 4. The number of amides is 2. The van der Waals surface area contributed by atoms with Gasteiger partial charge in [0.15, 0.2) is 13.2 Å². The van der Waals surface area contributed by atoms with E-state index in [1.807, 2.05) is 58.9 Å². The van der Waals surface area contributed by atoms with Crippen LogP contribution in [-0.2, 0) is 9.59 Å². The third-order valence-corrected chi connectivity index (χ3v) is 6.26. The Morgan fingerprint density at radius 1 is 0.719 bits per heavy atom. The molecule has 2 aromatic rings. The fraction of sp³-hybridized carbons (Fsp3) is 0.462. The zero-order valence-corrected chi connectivity index (χ0v) is 19.9. The van der Waals surface area contributed by atoms with Crippen LogP contribution in [-0.4, -0.2) is 61.0 Å². The van der Waals surface area contributed by atoms with Crippen LogP contribution in [0.4, 0.5) is 0 Å². The molecule has 1 fully saturated rings. The average molecular weight is 439 g/mol. The van der Waals surface area contributed by atoms with Crippen molar-refractivity contribution < 1.29 is 19.1 Å². The number of carbonyl (C=O) groups is 2. The molecule has 32 heavy (non-hydrogen) atoms. The summed E-state index contributed by atoms with van der Waals surface area (Å²) in [4.78, 5) is 29.0. The van der Waals surface area contributed by atoms with Gasteiger partial charge in [-0.25, -0.2) is 0 Å². The van der Waals surface area contributed by atoms with E-state index in [0.717, 1.165) is 34.4 Å². The smallest absolute Gasteiger partial charge is 0.260 e. The molecule has 172 valence electrons. The number of nitrogens with zero attached hydrogens (tertiary/aromatic N) is 2. The van der Waals surface area contributed by atoms with Crippen molar-refractivity contribution in [1.29, 1.82) is 0 Å². The lowest BCUT2D eigenvalue weighted by Gasteiger charge is -2.23. The maximum atomic E-state index is 12.8. The second kappa shape index (κ2) is 10.5. The Hall–Kier alpha value is -3.02. The van der Waals surface area contributed by atoms with Gasteiger partial charge >= 0.3 is 0 Å². The summed E-state index contributed by atoms with van der Waals surface area (Å²) in [5.74, 6) is 1.38. The molecule has 1 heterocycles. The molecule has 3 rings (SSSR count). The number of aryl methyl sites for hydroxylation is 4. The van der Waals surface area contributed by atoms with E-state index in [1.54, 1.807) is 9.80 Å². The Bertz CT molecular complexity index is 986. The van der Waals surface area contributed by atoms with Crippen LogP contribution in [0.15, 0.2) is 30.3 Å². The van der Waals surface area contributed by atoms with E-state index < -0.39 is 0 Å². The van der Waals surface area contributed by atoms with Gasteiger partial charge in [-0.05, 0) is 81.0 Å². The summed E-state index contributed by atoms with van der Waals surface area (Å²) in [5, 5.41) is 0. The monoisotopic (exact) mass is 438 g/mol. The maximum Gasteiger partial charge on any atom is 0.260 e. The summed E-state index contributed by atoms with van der Waals surface area (Å²) in [6.45, 7) is 12.4. The summed E-state index contributed by atoms with van der Waals surface area (Å²) < 4.78 is 11.6. The molecule has 6 heteroatoms. The Kier molecular flexibility index (Phi) is 7.78. The molecule has 0 radical (unpaired) electrons. The van der Waals surface area contributed by atoms with Crippen molar-refractivity contribution in [2.45, 2.75) is 41.0 Å². The third kappa shape index (κ3) is 5.81. The highest BCUT2D eigenvalue weighted by Crippen LogP contribution is 2.25. The van der Waals surface area contributed by atoms with Crippen LogP contribution in [0.1, 0.15) is 34.2 Å². The third-order valence-electron chi connectivity index (χ3n) is 6.26. The summed E-state index contributed by atoms with van der Waals surface area (Å²) in [6.07, 6.45) is 0.740. The predicted octanol–water partition coefficient (Wildman–Crippen LogP) is 3.75. The Morgan fingerprint density at radius 2 is 1.28 bits per heavy atom. The van der Waals surface area contributed by atoms with Gasteiger partial charge in [0, 0.05) is 26.2 Å². The van der Waals surface area contributed by atoms with Crippen LogP contribution in [0.25, 0.3) is 0 Å². The molecule has 2 amide bonds. The minimum Gasteiger partial charge on any atom is -0.484 e. The van der Waals surface area contributed by atoms with Crippen LogP contribution < -0.4 is 9.47 Å². The van der Waals surface area contributed by atoms with Gasteiger partial charge in [0.1, 0.15) is 11.5 Å². The van der Waals surface area contributed by atoms with E-state index >= 15 is 0 Å².